The highest BCUT2D eigenvalue weighted by atomic mass is 79.9. The fraction of sp³-hybridized carbons (Fsp3) is 0.533. The van der Waals surface area contributed by atoms with E-state index in [-0.39, 0.29) is 11.6 Å². The van der Waals surface area contributed by atoms with Crippen LogP contribution in [0.25, 0.3) is 0 Å². The third-order valence-corrected chi connectivity index (χ3v) is 8.79. The van der Waals surface area contributed by atoms with Crippen molar-refractivity contribution < 1.29 is 14.0 Å². The number of carbonyl (C=O) groups is 1. The summed E-state index contributed by atoms with van der Waals surface area (Å²) in [5.41, 5.74) is 5.45. The molecule has 0 aliphatic rings. The summed E-state index contributed by atoms with van der Waals surface area (Å²) < 4.78 is 12.6. The van der Waals surface area contributed by atoms with E-state index >= 15 is 0 Å². The molecule has 0 spiro atoms. The molecule has 0 aliphatic carbocycles. The fourth-order valence-electron chi connectivity index (χ4n) is 1.41. The summed E-state index contributed by atoms with van der Waals surface area (Å²) in [5, 5.41) is 0.0122. The largest absolute Gasteiger partial charge is 0.490 e. The molecule has 1 aromatic carbocycles. The molecule has 1 rings (SSSR count). The molecule has 1 amide bonds. The van der Waals surface area contributed by atoms with Crippen molar-refractivity contribution in [3.8, 4) is 5.75 Å². The van der Waals surface area contributed by atoms with Crippen LogP contribution in [0.2, 0.25) is 18.1 Å². The highest BCUT2D eigenvalue weighted by Crippen LogP contribution is 2.37. The molecule has 21 heavy (non-hydrogen) atoms. The minimum Gasteiger partial charge on any atom is -0.490 e. The second kappa shape index (κ2) is 6.94. The molecule has 0 saturated heterocycles. The predicted octanol–water partition coefficient (Wildman–Crippen LogP) is 3.70. The van der Waals surface area contributed by atoms with Crippen LogP contribution in [0.4, 0.5) is 0 Å². The van der Waals surface area contributed by atoms with Gasteiger partial charge in [0.05, 0.1) is 0 Å². The average Bonchev–Trinajstić information content (AvgIpc) is 2.34. The molecule has 0 bridgehead atoms. The Morgan fingerprint density at radius 2 is 1.81 bits per heavy atom. The summed E-state index contributed by atoms with van der Waals surface area (Å²) in [6, 6.07) is 7.41. The Morgan fingerprint density at radius 3 is 2.24 bits per heavy atom. The number of rotatable bonds is 6. The van der Waals surface area contributed by atoms with Gasteiger partial charge in [-0.15, -0.1) is 0 Å². The highest BCUT2D eigenvalue weighted by Gasteiger charge is 2.40. The van der Waals surface area contributed by atoms with Crippen LogP contribution in [0.1, 0.15) is 20.8 Å². The lowest BCUT2D eigenvalue weighted by Crippen LogP contribution is -2.49. The number of hydrogen-bond acceptors (Lipinski definition) is 3. The van der Waals surface area contributed by atoms with E-state index in [4.69, 9.17) is 14.9 Å². The lowest BCUT2D eigenvalue weighted by atomic mass is 10.2. The van der Waals surface area contributed by atoms with E-state index in [0.29, 0.717) is 5.75 Å². The van der Waals surface area contributed by atoms with E-state index in [0.717, 1.165) is 4.47 Å². The maximum absolute atomic E-state index is 11.6. The standard InChI is InChI=1S/C15H24BrNO3Si/c1-15(2,3)21(4,5)20-13(14(17)18)10-19-12-8-6-11(16)7-9-12/h6-9,13H,10H2,1-5H3,(H2,17,18)/t13-/m1/s1. The number of ether oxygens (including phenoxy) is 1. The van der Waals surface area contributed by atoms with Gasteiger partial charge >= 0.3 is 0 Å². The van der Waals surface area contributed by atoms with E-state index in [1.807, 2.05) is 24.3 Å². The first-order chi connectivity index (χ1) is 9.53. The second-order valence-electron chi connectivity index (χ2n) is 6.53. The Balaban J connectivity index is 2.71. The summed E-state index contributed by atoms with van der Waals surface area (Å²) in [6.45, 7) is 10.7. The minimum absolute atomic E-state index is 0.0122. The van der Waals surface area contributed by atoms with Gasteiger partial charge in [0.1, 0.15) is 12.4 Å². The van der Waals surface area contributed by atoms with Crippen LogP contribution in [0, 0.1) is 0 Å². The quantitative estimate of drug-likeness (QED) is 0.773. The molecule has 0 unspecified atom stereocenters. The molecular formula is C15H24BrNO3Si. The lowest BCUT2D eigenvalue weighted by Gasteiger charge is -2.38. The van der Waals surface area contributed by atoms with Crippen LogP contribution in [-0.4, -0.2) is 26.9 Å². The van der Waals surface area contributed by atoms with E-state index in [1.165, 1.54) is 0 Å². The number of carbonyl (C=O) groups excluding carboxylic acids is 1. The summed E-state index contributed by atoms with van der Waals surface area (Å²) in [7, 11) is -2.07. The fourth-order valence-corrected chi connectivity index (χ4v) is 2.92. The summed E-state index contributed by atoms with van der Waals surface area (Å²) in [5.74, 6) is 0.195. The third kappa shape index (κ3) is 5.45. The van der Waals surface area contributed by atoms with Crippen molar-refractivity contribution in [3.05, 3.63) is 28.7 Å². The zero-order valence-electron chi connectivity index (χ0n) is 13.3. The Kier molecular flexibility index (Phi) is 6.01. The minimum atomic E-state index is -2.07. The van der Waals surface area contributed by atoms with Gasteiger partial charge < -0.3 is 14.9 Å². The highest BCUT2D eigenvalue weighted by molar-refractivity contribution is 9.10. The maximum atomic E-state index is 11.6. The number of amides is 1. The first-order valence-electron chi connectivity index (χ1n) is 6.88. The Bertz CT molecular complexity index is 483. The van der Waals surface area contributed by atoms with Gasteiger partial charge in [0.15, 0.2) is 14.4 Å². The zero-order chi connectivity index (χ0) is 16.3. The van der Waals surface area contributed by atoms with Gasteiger partial charge in [-0.05, 0) is 42.4 Å². The molecule has 0 saturated carbocycles. The number of halogens is 1. The van der Waals surface area contributed by atoms with E-state index in [9.17, 15) is 4.79 Å². The average molecular weight is 374 g/mol. The molecule has 0 aromatic heterocycles. The molecule has 0 fully saturated rings. The molecule has 0 aliphatic heterocycles. The first-order valence-corrected chi connectivity index (χ1v) is 10.6. The zero-order valence-corrected chi connectivity index (χ0v) is 15.9. The molecule has 1 atom stereocenters. The Hall–Kier alpha value is -0.853. The summed E-state index contributed by atoms with van der Waals surface area (Å²) in [4.78, 5) is 11.6. The number of hydrogen-bond donors (Lipinski definition) is 1. The predicted molar refractivity (Wildman–Crippen MR) is 90.9 cm³/mol. The molecule has 118 valence electrons. The van der Waals surface area contributed by atoms with E-state index < -0.39 is 20.3 Å². The van der Waals surface area contributed by atoms with Gasteiger partial charge in [0.2, 0.25) is 5.91 Å². The molecule has 1 aromatic rings. The molecule has 6 heteroatoms. The van der Waals surface area contributed by atoms with Gasteiger partial charge in [-0.25, -0.2) is 0 Å². The lowest BCUT2D eigenvalue weighted by molar-refractivity contribution is -0.126. The topological polar surface area (TPSA) is 61.6 Å². The second-order valence-corrected chi connectivity index (χ2v) is 12.2. The van der Waals surface area contributed by atoms with Crippen LogP contribution in [-0.2, 0) is 9.22 Å². The summed E-state index contributed by atoms with van der Waals surface area (Å²) >= 11 is 3.36. The van der Waals surface area contributed by atoms with Crippen LogP contribution in [0.3, 0.4) is 0 Å². The van der Waals surface area contributed by atoms with Crippen LogP contribution in [0.15, 0.2) is 28.7 Å². The summed E-state index contributed by atoms with van der Waals surface area (Å²) in [6.07, 6.45) is -0.727. The van der Waals surface area contributed by atoms with Crippen molar-refractivity contribution in [3.63, 3.8) is 0 Å². The number of primary amides is 1. The van der Waals surface area contributed by atoms with E-state index in [2.05, 4.69) is 49.8 Å². The van der Waals surface area contributed by atoms with Gasteiger partial charge in [0.25, 0.3) is 0 Å². The molecule has 4 nitrogen and oxygen atoms in total. The third-order valence-electron chi connectivity index (χ3n) is 3.78. The first kappa shape index (κ1) is 18.2. The number of benzene rings is 1. The Morgan fingerprint density at radius 1 is 1.29 bits per heavy atom. The smallest absolute Gasteiger partial charge is 0.248 e. The van der Waals surface area contributed by atoms with Crippen molar-refractivity contribution in [1.29, 1.82) is 0 Å². The van der Waals surface area contributed by atoms with Crippen molar-refractivity contribution in [2.75, 3.05) is 6.61 Å². The van der Waals surface area contributed by atoms with Crippen molar-refractivity contribution in [2.24, 2.45) is 5.73 Å². The van der Waals surface area contributed by atoms with Crippen LogP contribution in [0.5, 0.6) is 5.75 Å². The molecule has 0 heterocycles. The van der Waals surface area contributed by atoms with Gasteiger partial charge in [0, 0.05) is 4.47 Å². The van der Waals surface area contributed by atoms with Gasteiger partial charge in [-0.3, -0.25) is 4.79 Å². The number of nitrogens with two attached hydrogens (primary N) is 1. The molecule has 2 N–H and O–H groups in total. The van der Waals surface area contributed by atoms with Crippen LogP contribution >= 0.6 is 15.9 Å². The van der Waals surface area contributed by atoms with Crippen molar-refractivity contribution in [2.45, 2.75) is 45.0 Å². The monoisotopic (exact) mass is 373 g/mol. The normalized spacial score (nSPS) is 13.8. The van der Waals surface area contributed by atoms with E-state index in [1.54, 1.807) is 0 Å². The Labute approximate surface area is 136 Å². The SMILES string of the molecule is CC(C)(C)[Si](C)(C)O[C@H](COc1ccc(Br)cc1)C(N)=O. The van der Waals surface area contributed by atoms with Crippen molar-refractivity contribution in [1.82, 2.24) is 0 Å². The van der Waals surface area contributed by atoms with Crippen LogP contribution < -0.4 is 10.5 Å². The van der Waals surface area contributed by atoms with Gasteiger partial charge in [-0.2, -0.15) is 0 Å². The molecular weight excluding hydrogens is 350 g/mol. The van der Waals surface area contributed by atoms with Crippen molar-refractivity contribution >= 4 is 30.2 Å². The molecule has 0 radical (unpaired) electrons. The maximum Gasteiger partial charge on any atom is 0.248 e. The van der Waals surface area contributed by atoms with Gasteiger partial charge in [-0.1, -0.05) is 36.7 Å².